The van der Waals surface area contributed by atoms with Crippen molar-refractivity contribution in [2.45, 2.75) is 20.4 Å². The molecule has 0 unspecified atom stereocenters. The van der Waals surface area contributed by atoms with Crippen LogP contribution in [0.5, 0.6) is 0 Å². The zero-order valence-corrected chi connectivity index (χ0v) is 11.3. The van der Waals surface area contributed by atoms with E-state index in [1.165, 1.54) is 0 Å². The molecule has 0 amide bonds. The molecular formula is C14H16N4O. The van der Waals surface area contributed by atoms with Gasteiger partial charge in [-0.25, -0.2) is 4.98 Å². The minimum absolute atomic E-state index is 0.658. The summed E-state index contributed by atoms with van der Waals surface area (Å²) in [6.07, 6.45) is 3.53. The summed E-state index contributed by atoms with van der Waals surface area (Å²) in [5.74, 6) is 0.947. The van der Waals surface area contributed by atoms with Crippen molar-refractivity contribution >= 4 is 16.7 Å². The van der Waals surface area contributed by atoms with Crippen molar-refractivity contribution in [3.63, 3.8) is 0 Å². The lowest BCUT2D eigenvalue weighted by molar-refractivity contribution is 0.515. The minimum atomic E-state index is 0.658. The van der Waals surface area contributed by atoms with E-state index in [2.05, 4.69) is 21.5 Å². The molecule has 3 aromatic heterocycles. The number of furan rings is 1. The Morgan fingerprint density at radius 1 is 1.37 bits per heavy atom. The van der Waals surface area contributed by atoms with E-state index in [-0.39, 0.29) is 0 Å². The van der Waals surface area contributed by atoms with Crippen molar-refractivity contribution in [1.82, 2.24) is 14.8 Å². The Hall–Kier alpha value is -2.30. The Morgan fingerprint density at radius 2 is 2.21 bits per heavy atom. The summed E-state index contributed by atoms with van der Waals surface area (Å²) in [4.78, 5) is 4.43. The van der Waals surface area contributed by atoms with Gasteiger partial charge in [-0.15, -0.1) is 0 Å². The summed E-state index contributed by atoms with van der Waals surface area (Å²) in [7, 11) is 1.90. The number of nitrogens with zero attached hydrogens (tertiary/aromatic N) is 3. The summed E-state index contributed by atoms with van der Waals surface area (Å²) >= 11 is 0. The number of aromatic nitrogens is 3. The summed E-state index contributed by atoms with van der Waals surface area (Å²) in [5.41, 5.74) is 4.01. The molecule has 0 fully saturated rings. The topological polar surface area (TPSA) is 55.9 Å². The van der Waals surface area contributed by atoms with Gasteiger partial charge in [0.25, 0.3) is 0 Å². The van der Waals surface area contributed by atoms with Gasteiger partial charge in [-0.1, -0.05) is 0 Å². The number of anilines is 1. The molecule has 0 aliphatic rings. The van der Waals surface area contributed by atoms with E-state index in [0.29, 0.717) is 6.54 Å². The maximum absolute atomic E-state index is 5.40. The summed E-state index contributed by atoms with van der Waals surface area (Å²) in [5, 5.41) is 8.76. The Kier molecular flexibility index (Phi) is 2.74. The SMILES string of the molecule is Cc1ccoc1CNc1cnc2c(c1)c(C)nn2C. The smallest absolute Gasteiger partial charge is 0.157 e. The normalized spacial score (nSPS) is 11.1. The molecule has 0 saturated heterocycles. The highest BCUT2D eigenvalue weighted by Crippen LogP contribution is 2.20. The van der Waals surface area contributed by atoms with Crippen LogP contribution in [-0.2, 0) is 13.6 Å². The standard InChI is InChI=1S/C14H16N4O/c1-9-4-5-19-13(9)8-15-11-6-12-10(2)17-18(3)14(12)16-7-11/h4-7,15H,8H2,1-3H3. The van der Waals surface area contributed by atoms with E-state index in [4.69, 9.17) is 4.42 Å². The Morgan fingerprint density at radius 3 is 2.95 bits per heavy atom. The molecule has 19 heavy (non-hydrogen) atoms. The lowest BCUT2D eigenvalue weighted by Gasteiger charge is -2.05. The highest BCUT2D eigenvalue weighted by Gasteiger charge is 2.07. The van der Waals surface area contributed by atoms with Gasteiger partial charge >= 0.3 is 0 Å². The van der Waals surface area contributed by atoms with Crippen LogP contribution in [0, 0.1) is 13.8 Å². The average Bonchev–Trinajstić information content (AvgIpc) is 2.92. The van der Waals surface area contributed by atoms with E-state index < -0.39 is 0 Å². The Balaban J connectivity index is 1.86. The largest absolute Gasteiger partial charge is 0.467 e. The molecular weight excluding hydrogens is 240 g/mol. The molecule has 5 heteroatoms. The Labute approximate surface area is 111 Å². The van der Waals surface area contributed by atoms with Crippen molar-refractivity contribution < 1.29 is 4.42 Å². The van der Waals surface area contributed by atoms with Crippen molar-refractivity contribution in [2.24, 2.45) is 7.05 Å². The van der Waals surface area contributed by atoms with Gasteiger partial charge in [-0.2, -0.15) is 5.10 Å². The molecule has 0 aliphatic heterocycles. The molecule has 0 saturated carbocycles. The number of pyridine rings is 1. The van der Waals surface area contributed by atoms with Crippen LogP contribution in [0.15, 0.2) is 29.0 Å². The van der Waals surface area contributed by atoms with E-state index in [1.807, 2.05) is 33.2 Å². The fraction of sp³-hybridized carbons (Fsp3) is 0.286. The number of nitrogens with one attached hydrogen (secondary N) is 1. The predicted octanol–water partition coefficient (Wildman–Crippen LogP) is 2.79. The van der Waals surface area contributed by atoms with Crippen LogP contribution in [-0.4, -0.2) is 14.8 Å². The van der Waals surface area contributed by atoms with Crippen LogP contribution in [0.25, 0.3) is 11.0 Å². The van der Waals surface area contributed by atoms with Crippen LogP contribution < -0.4 is 5.32 Å². The van der Waals surface area contributed by atoms with Crippen molar-refractivity contribution in [2.75, 3.05) is 5.32 Å². The first kappa shape index (κ1) is 11.8. The predicted molar refractivity (Wildman–Crippen MR) is 74.0 cm³/mol. The van der Waals surface area contributed by atoms with Crippen molar-refractivity contribution in [1.29, 1.82) is 0 Å². The monoisotopic (exact) mass is 256 g/mol. The first-order chi connectivity index (χ1) is 9.15. The van der Waals surface area contributed by atoms with E-state index in [0.717, 1.165) is 33.7 Å². The molecule has 5 nitrogen and oxygen atoms in total. The molecule has 0 radical (unpaired) electrons. The Bertz CT molecular complexity index is 726. The molecule has 0 aliphatic carbocycles. The van der Waals surface area contributed by atoms with Gasteiger partial charge in [0.2, 0.25) is 0 Å². The van der Waals surface area contributed by atoms with Crippen molar-refractivity contribution in [3.8, 4) is 0 Å². The second-order valence-electron chi connectivity index (χ2n) is 4.68. The second-order valence-corrected chi connectivity index (χ2v) is 4.68. The molecule has 0 aromatic carbocycles. The molecule has 1 N–H and O–H groups in total. The number of fused-ring (bicyclic) bond motifs is 1. The van der Waals surface area contributed by atoms with Crippen LogP contribution in [0.4, 0.5) is 5.69 Å². The lowest BCUT2D eigenvalue weighted by Crippen LogP contribution is -2.00. The number of hydrogen-bond donors (Lipinski definition) is 1. The van der Waals surface area contributed by atoms with E-state index in [1.54, 1.807) is 10.9 Å². The number of aryl methyl sites for hydroxylation is 3. The summed E-state index contributed by atoms with van der Waals surface area (Å²) < 4.78 is 7.20. The van der Waals surface area contributed by atoms with Crippen LogP contribution >= 0.6 is 0 Å². The third-order valence-corrected chi connectivity index (χ3v) is 3.28. The fourth-order valence-electron chi connectivity index (χ4n) is 2.17. The van der Waals surface area contributed by atoms with Gasteiger partial charge in [0.15, 0.2) is 5.65 Å². The molecule has 0 atom stereocenters. The highest BCUT2D eigenvalue weighted by molar-refractivity contribution is 5.81. The first-order valence-corrected chi connectivity index (χ1v) is 6.21. The van der Waals surface area contributed by atoms with Crippen LogP contribution in [0.1, 0.15) is 17.0 Å². The van der Waals surface area contributed by atoms with Gasteiger partial charge in [0.05, 0.1) is 30.4 Å². The molecule has 0 spiro atoms. The van der Waals surface area contributed by atoms with Gasteiger partial charge < -0.3 is 9.73 Å². The zero-order valence-electron chi connectivity index (χ0n) is 11.3. The highest BCUT2D eigenvalue weighted by atomic mass is 16.3. The van der Waals surface area contributed by atoms with E-state index >= 15 is 0 Å². The first-order valence-electron chi connectivity index (χ1n) is 6.21. The third kappa shape index (κ3) is 2.07. The summed E-state index contributed by atoms with van der Waals surface area (Å²) in [6, 6.07) is 4.03. The van der Waals surface area contributed by atoms with Crippen LogP contribution in [0.2, 0.25) is 0 Å². The molecule has 98 valence electrons. The quantitative estimate of drug-likeness (QED) is 0.783. The fourth-order valence-corrected chi connectivity index (χ4v) is 2.17. The molecule has 3 aromatic rings. The molecule has 0 bridgehead atoms. The van der Waals surface area contributed by atoms with Gasteiger partial charge in [-0.3, -0.25) is 4.68 Å². The van der Waals surface area contributed by atoms with Gasteiger partial charge in [0.1, 0.15) is 5.76 Å². The maximum Gasteiger partial charge on any atom is 0.157 e. The number of rotatable bonds is 3. The second kappa shape index (κ2) is 4.42. The average molecular weight is 256 g/mol. The maximum atomic E-state index is 5.40. The lowest BCUT2D eigenvalue weighted by atomic mass is 10.2. The van der Waals surface area contributed by atoms with E-state index in [9.17, 15) is 0 Å². The number of hydrogen-bond acceptors (Lipinski definition) is 4. The van der Waals surface area contributed by atoms with Crippen molar-refractivity contribution in [3.05, 3.63) is 41.6 Å². The minimum Gasteiger partial charge on any atom is -0.467 e. The van der Waals surface area contributed by atoms with Gasteiger partial charge in [0, 0.05) is 12.4 Å². The molecule has 3 heterocycles. The molecule has 3 rings (SSSR count). The third-order valence-electron chi connectivity index (χ3n) is 3.28. The summed E-state index contributed by atoms with van der Waals surface area (Å²) in [6.45, 7) is 4.68. The van der Waals surface area contributed by atoms with Gasteiger partial charge in [-0.05, 0) is 31.5 Å². The van der Waals surface area contributed by atoms with Crippen LogP contribution in [0.3, 0.4) is 0 Å². The zero-order chi connectivity index (χ0) is 13.4.